The lowest BCUT2D eigenvalue weighted by Crippen LogP contribution is -2.36. The predicted molar refractivity (Wildman–Crippen MR) is 70.3 cm³/mol. The van der Waals surface area contributed by atoms with Gasteiger partial charge in [0.25, 0.3) is 0 Å². The highest BCUT2D eigenvalue weighted by atomic mass is 15.2. The fourth-order valence-corrected chi connectivity index (χ4v) is 2.04. The summed E-state index contributed by atoms with van der Waals surface area (Å²) in [7, 11) is 0. The minimum absolute atomic E-state index is 0.619. The van der Waals surface area contributed by atoms with E-state index in [2.05, 4.69) is 49.1 Å². The standard InChI is InChI=1S/C14H24N2/c1-3-7-13(2)16(11-10-15)12-14-8-5-4-6-9-14/h4-6,8-9,13H,3,7,10-12,15H2,1-2H3. The van der Waals surface area contributed by atoms with Gasteiger partial charge in [0.2, 0.25) is 0 Å². The molecular formula is C14H24N2. The summed E-state index contributed by atoms with van der Waals surface area (Å²) in [5.74, 6) is 0. The third-order valence-corrected chi connectivity index (χ3v) is 2.97. The Hall–Kier alpha value is -0.860. The second-order valence-corrected chi connectivity index (χ2v) is 4.38. The van der Waals surface area contributed by atoms with Gasteiger partial charge < -0.3 is 5.73 Å². The lowest BCUT2D eigenvalue weighted by Gasteiger charge is -2.28. The number of nitrogens with zero attached hydrogens (tertiary/aromatic N) is 1. The molecule has 0 bridgehead atoms. The van der Waals surface area contributed by atoms with Crippen molar-refractivity contribution in [3.05, 3.63) is 35.9 Å². The summed E-state index contributed by atoms with van der Waals surface area (Å²) in [6.07, 6.45) is 2.48. The lowest BCUT2D eigenvalue weighted by molar-refractivity contribution is 0.195. The highest BCUT2D eigenvalue weighted by Crippen LogP contribution is 2.11. The number of rotatable bonds is 7. The van der Waals surface area contributed by atoms with Gasteiger partial charge in [-0.15, -0.1) is 0 Å². The zero-order chi connectivity index (χ0) is 11.8. The van der Waals surface area contributed by atoms with Crippen LogP contribution in [0.15, 0.2) is 30.3 Å². The highest BCUT2D eigenvalue weighted by Gasteiger charge is 2.12. The van der Waals surface area contributed by atoms with Crippen molar-refractivity contribution < 1.29 is 0 Å². The number of hydrogen-bond acceptors (Lipinski definition) is 2. The molecule has 16 heavy (non-hydrogen) atoms. The van der Waals surface area contributed by atoms with Gasteiger partial charge in [-0.05, 0) is 18.9 Å². The van der Waals surface area contributed by atoms with E-state index in [0.717, 1.165) is 19.6 Å². The molecule has 0 heterocycles. The maximum absolute atomic E-state index is 5.68. The molecule has 1 unspecified atom stereocenters. The molecule has 0 aliphatic carbocycles. The molecule has 0 aliphatic rings. The van der Waals surface area contributed by atoms with Gasteiger partial charge in [-0.1, -0.05) is 43.7 Å². The fourth-order valence-electron chi connectivity index (χ4n) is 2.04. The van der Waals surface area contributed by atoms with Crippen molar-refractivity contribution in [2.24, 2.45) is 5.73 Å². The lowest BCUT2D eigenvalue weighted by atomic mass is 10.1. The van der Waals surface area contributed by atoms with Crippen molar-refractivity contribution in [2.75, 3.05) is 13.1 Å². The molecule has 1 rings (SSSR count). The van der Waals surface area contributed by atoms with Crippen LogP contribution in [-0.2, 0) is 6.54 Å². The van der Waals surface area contributed by atoms with E-state index < -0.39 is 0 Å². The van der Waals surface area contributed by atoms with E-state index >= 15 is 0 Å². The first-order valence-corrected chi connectivity index (χ1v) is 6.26. The third-order valence-electron chi connectivity index (χ3n) is 2.97. The maximum Gasteiger partial charge on any atom is 0.0237 e. The van der Waals surface area contributed by atoms with Crippen molar-refractivity contribution in [1.82, 2.24) is 4.90 Å². The van der Waals surface area contributed by atoms with Gasteiger partial charge in [0.05, 0.1) is 0 Å². The summed E-state index contributed by atoms with van der Waals surface area (Å²) in [5, 5.41) is 0. The Morgan fingerprint density at radius 2 is 1.94 bits per heavy atom. The SMILES string of the molecule is CCCC(C)N(CCN)Cc1ccccc1. The van der Waals surface area contributed by atoms with Crippen LogP contribution >= 0.6 is 0 Å². The van der Waals surface area contributed by atoms with Crippen LogP contribution < -0.4 is 5.73 Å². The van der Waals surface area contributed by atoms with E-state index in [4.69, 9.17) is 5.73 Å². The average Bonchev–Trinajstić information content (AvgIpc) is 2.30. The van der Waals surface area contributed by atoms with E-state index in [1.165, 1.54) is 18.4 Å². The highest BCUT2D eigenvalue weighted by molar-refractivity contribution is 5.14. The van der Waals surface area contributed by atoms with Crippen LogP contribution in [0.4, 0.5) is 0 Å². The Morgan fingerprint density at radius 3 is 2.50 bits per heavy atom. The Morgan fingerprint density at radius 1 is 1.25 bits per heavy atom. The van der Waals surface area contributed by atoms with Crippen LogP contribution in [0.3, 0.4) is 0 Å². The zero-order valence-corrected chi connectivity index (χ0v) is 10.5. The Bertz CT molecular complexity index is 271. The summed E-state index contributed by atoms with van der Waals surface area (Å²) in [6.45, 7) is 7.26. The van der Waals surface area contributed by atoms with E-state index in [0.29, 0.717) is 6.04 Å². The zero-order valence-electron chi connectivity index (χ0n) is 10.5. The van der Waals surface area contributed by atoms with Crippen LogP contribution in [0, 0.1) is 0 Å². The summed E-state index contributed by atoms with van der Waals surface area (Å²) in [4.78, 5) is 2.47. The molecular weight excluding hydrogens is 196 g/mol. The van der Waals surface area contributed by atoms with Crippen LogP contribution in [0.5, 0.6) is 0 Å². The van der Waals surface area contributed by atoms with Gasteiger partial charge in [0.1, 0.15) is 0 Å². The van der Waals surface area contributed by atoms with Crippen molar-refractivity contribution in [1.29, 1.82) is 0 Å². The van der Waals surface area contributed by atoms with Gasteiger partial charge in [0.15, 0.2) is 0 Å². The summed E-state index contributed by atoms with van der Waals surface area (Å²) in [6, 6.07) is 11.2. The van der Waals surface area contributed by atoms with Crippen LogP contribution in [0.25, 0.3) is 0 Å². The largest absolute Gasteiger partial charge is 0.329 e. The predicted octanol–water partition coefficient (Wildman–Crippen LogP) is 2.64. The average molecular weight is 220 g/mol. The monoisotopic (exact) mass is 220 g/mol. The number of benzene rings is 1. The Labute approximate surface area is 99.5 Å². The molecule has 90 valence electrons. The van der Waals surface area contributed by atoms with Crippen molar-refractivity contribution in [3.63, 3.8) is 0 Å². The topological polar surface area (TPSA) is 29.3 Å². The van der Waals surface area contributed by atoms with Gasteiger partial charge in [-0.25, -0.2) is 0 Å². The smallest absolute Gasteiger partial charge is 0.0237 e. The molecule has 2 N–H and O–H groups in total. The summed E-state index contributed by atoms with van der Waals surface area (Å²) >= 11 is 0. The number of nitrogens with two attached hydrogens (primary N) is 1. The molecule has 0 radical (unpaired) electrons. The van der Waals surface area contributed by atoms with E-state index in [9.17, 15) is 0 Å². The minimum atomic E-state index is 0.619. The third kappa shape index (κ3) is 4.33. The Kier molecular flexibility index (Phi) is 6.12. The summed E-state index contributed by atoms with van der Waals surface area (Å²) < 4.78 is 0. The molecule has 0 spiro atoms. The van der Waals surface area contributed by atoms with E-state index in [1.807, 2.05) is 0 Å². The van der Waals surface area contributed by atoms with Gasteiger partial charge in [0, 0.05) is 25.7 Å². The van der Waals surface area contributed by atoms with E-state index in [1.54, 1.807) is 0 Å². The van der Waals surface area contributed by atoms with Crippen LogP contribution in [0.1, 0.15) is 32.3 Å². The number of hydrogen-bond donors (Lipinski definition) is 1. The van der Waals surface area contributed by atoms with Gasteiger partial charge >= 0.3 is 0 Å². The second kappa shape index (κ2) is 7.42. The van der Waals surface area contributed by atoms with Crippen LogP contribution in [-0.4, -0.2) is 24.0 Å². The molecule has 0 aliphatic heterocycles. The summed E-state index contributed by atoms with van der Waals surface area (Å²) in [5.41, 5.74) is 7.05. The van der Waals surface area contributed by atoms with Gasteiger partial charge in [-0.3, -0.25) is 4.90 Å². The van der Waals surface area contributed by atoms with Crippen LogP contribution in [0.2, 0.25) is 0 Å². The second-order valence-electron chi connectivity index (χ2n) is 4.38. The molecule has 1 aromatic rings. The fraction of sp³-hybridized carbons (Fsp3) is 0.571. The molecule has 0 saturated carbocycles. The first-order valence-electron chi connectivity index (χ1n) is 6.26. The normalized spacial score (nSPS) is 13.0. The first-order chi connectivity index (χ1) is 7.77. The molecule has 0 saturated heterocycles. The van der Waals surface area contributed by atoms with Gasteiger partial charge in [-0.2, -0.15) is 0 Å². The molecule has 2 nitrogen and oxygen atoms in total. The maximum atomic E-state index is 5.68. The van der Waals surface area contributed by atoms with E-state index in [-0.39, 0.29) is 0 Å². The first kappa shape index (κ1) is 13.2. The molecule has 2 heteroatoms. The molecule has 0 fully saturated rings. The quantitative estimate of drug-likeness (QED) is 0.765. The van der Waals surface area contributed by atoms with Crippen molar-refractivity contribution in [3.8, 4) is 0 Å². The minimum Gasteiger partial charge on any atom is -0.329 e. The van der Waals surface area contributed by atoms with Crippen molar-refractivity contribution >= 4 is 0 Å². The molecule has 1 aromatic carbocycles. The molecule has 1 atom stereocenters. The Balaban J connectivity index is 2.57. The molecule has 0 aromatic heterocycles. The molecule has 0 amide bonds. The van der Waals surface area contributed by atoms with Crippen molar-refractivity contribution in [2.45, 2.75) is 39.3 Å².